The number of H-pyrrole nitrogens is 1. The number of amides is 1. The van der Waals surface area contributed by atoms with Crippen LogP contribution in [-0.2, 0) is 6.54 Å². The molecule has 98 valence electrons. The molecule has 1 aromatic heterocycles. The molecule has 0 atom stereocenters. The maximum Gasteiger partial charge on any atom is 0.293 e. The molecule has 0 aliphatic rings. The third-order valence-corrected chi connectivity index (χ3v) is 2.48. The van der Waals surface area contributed by atoms with Crippen molar-refractivity contribution in [1.82, 2.24) is 9.97 Å². The number of nitrogens with two attached hydrogens (primary N) is 1. The molecule has 1 heterocycles. The van der Waals surface area contributed by atoms with E-state index in [0.29, 0.717) is 18.1 Å². The maximum atomic E-state index is 11.0. The van der Waals surface area contributed by atoms with E-state index in [2.05, 4.69) is 15.3 Å². The zero-order valence-corrected chi connectivity index (χ0v) is 9.79. The first-order valence-corrected chi connectivity index (χ1v) is 5.38. The number of primary amides is 1. The molecule has 0 bridgehead atoms. The number of carbonyl (C=O) groups is 1. The molecule has 0 spiro atoms. The molecule has 1 aromatic carbocycles. The molecular weight excluding hydrogens is 250 g/mol. The van der Waals surface area contributed by atoms with Crippen LogP contribution in [0.1, 0.15) is 16.2 Å². The highest BCUT2D eigenvalue weighted by Crippen LogP contribution is 2.25. The molecule has 8 nitrogen and oxygen atoms in total. The average molecular weight is 261 g/mol. The summed E-state index contributed by atoms with van der Waals surface area (Å²) in [6, 6.07) is 4.02. The van der Waals surface area contributed by atoms with Gasteiger partial charge in [-0.05, 0) is 12.1 Å². The Bertz CT molecular complexity index is 609. The first kappa shape index (κ1) is 12.6. The summed E-state index contributed by atoms with van der Waals surface area (Å²) in [5, 5.41) is 13.8. The molecule has 0 fully saturated rings. The summed E-state index contributed by atoms with van der Waals surface area (Å²) < 4.78 is 0. The number of nitrogens with one attached hydrogen (secondary N) is 2. The normalized spacial score (nSPS) is 10.1. The van der Waals surface area contributed by atoms with Crippen molar-refractivity contribution in [3.05, 3.63) is 52.1 Å². The maximum absolute atomic E-state index is 11.0. The van der Waals surface area contributed by atoms with Gasteiger partial charge in [0, 0.05) is 24.0 Å². The van der Waals surface area contributed by atoms with E-state index in [1.54, 1.807) is 12.4 Å². The molecule has 1 amide bonds. The van der Waals surface area contributed by atoms with E-state index in [1.165, 1.54) is 12.1 Å². The van der Waals surface area contributed by atoms with Gasteiger partial charge in [0.1, 0.15) is 11.5 Å². The van der Waals surface area contributed by atoms with E-state index in [4.69, 9.17) is 5.73 Å². The summed E-state index contributed by atoms with van der Waals surface area (Å²) in [7, 11) is 0. The van der Waals surface area contributed by atoms with Crippen LogP contribution in [0.25, 0.3) is 0 Å². The number of benzene rings is 1. The second-order valence-corrected chi connectivity index (χ2v) is 3.74. The number of aromatic amines is 1. The topological polar surface area (TPSA) is 127 Å². The second-order valence-electron chi connectivity index (χ2n) is 3.74. The van der Waals surface area contributed by atoms with Crippen LogP contribution in [0.5, 0.6) is 0 Å². The third-order valence-electron chi connectivity index (χ3n) is 2.48. The Morgan fingerprint density at radius 2 is 2.32 bits per heavy atom. The van der Waals surface area contributed by atoms with E-state index < -0.39 is 10.8 Å². The Morgan fingerprint density at radius 1 is 1.53 bits per heavy atom. The van der Waals surface area contributed by atoms with Crippen LogP contribution in [0.15, 0.2) is 30.6 Å². The molecule has 0 radical (unpaired) electrons. The summed E-state index contributed by atoms with van der Waals surface area (Å²) in [5.74, 6) is -0.0611. The smallest absolute Gasteiger partial charge is 0.293 e. The highest BCUT2D eigenvalue weighted by atomic mass is 16.6. The largest absolute Gasteiger partial charge is 0.372 e. The van der Waals surface area contributed by atoms with Crippen LogP contribution in [0.2, 0.25) is 0 Å². The molecule has 0 saturated carbocycles. The first-order valence-electron chi connectivity index (χ1n) is 5.38. The zero-order chi connectivity index (χ0) is 13.8. The van der Waals surface area contributed by atoms with Crippen LogP contribution in [0.3, 0.4) is 0 Å². The van der Waals surface area contributed by atoms with Crippen molar-refractivity contribution in [3.8, 4) is 0 Å². The fraction of sp³-hybridized carbons (Fsp3) is 0.0909. The van der Waals surface area contributed by atoms with Crippen molar-refractivity contribution in [1.29, 1.82) is 0 Å². The minimum atomic E-state index is -0.708. The van der Waals surface area contributed by atoms with Gasteiger partial charge in [0.25, 0.3) is 5.69 Å². The highest BCUT2D eigenvalue weighted by Gasteiger charge is 2.16. The van der Waals surface area contributed by atoms with Gasteiger partial charge < -0.3 is 16.0 Å². The molecular formula is C11H11N5O3. The van der Waals surface area contributed by atoms with Gasteiger partial charge in [-0.15, -0.1) is 0 Å². The van der Waals surface area contributed by atoms with E-state index in [9.17, 15) is 14.9 Å². The summed E-state index contributed by atoms with van der Waals surface area (Å²) in [6.45, 7) is 0.309. The van der Waals surface area contributed by atoms with Gasteiger partial charge in [0.05, 0.1) is 11.5 Å². The van der Waals surface area contributed by atoms with Gasteiger partial charge in [-0.1, -0.05) is 0 Å². The van der Waals surface area contributed by atoms with E-state index >= 15 is 0 Å². The lowest BCUT2D eigenvalue weighted by Gasteiger charge is -2.06. The Morgan fingerprint density at radius 3 is 2.89 bits per heavy atom. The predicted molar refractivity (Wildman–Crippen MR) is 67.5 cm³/mol. The van der Waals surface area contributed by atoms with Crippen molar-refractivity contribution in [2.45, 2.75) is 6.54 Å². The van der Waals surface area contributed by atoms with Crippen molar-refractivity contribution < 1.29 is 9.72 Å². The van der Waals surface area contributed by atoms with Crippen molar-refractivity contribution >= 4 is 17.3 Å². The minimum Gasteiger partial charge on any atom is -0.372 e. The number of nitrogens with zero attached hydrogens (tertiary/aromatic N) is 2. The Kier molecular flexibility index (Phi) is 3.42. The molecule has 19 heavy (non-hydrogen) atoms. The van der Waals surface area contributed by atoms with Crippen molar-refractivity contribution in [2.75, 3.05) is 5.32 Å². The molecule has 0 saturated heterocycles. The lowest BCUT2D eigenvalue weighted by molar-refractivity contribution is -0.384. The third kappa shape index (κ3) is 2.86. The van der Waals surface area contributed by atoms with Crippen LogP contribution < -0.4 is 11.1 Å². The molecule has 0 aliphatic carbocycles. The quantitative estimate of drug-likeness (QED) is 0.547. The van der Waals surface area contributed by atoms with E-state index in [-0.39, 0.29) is 11.3 Å². The number of rotatable bonds is 5. The van der Waals surface area contributed by atoms with E-state index in [0.717, 1.165) is 6.07 Å². The average Bonchev–Trinajstić information content (AvgIpc) is 2.89. The van der Waals surface area contributed by atoms with Gasteiger partial charge in [-0.3, -0.25) is 14.9 Å². The molecule has 0 unspecified atom stereocenters. The van der Waals surface area contributed by atoms with E-state index in [1.807, 2.05) is 0 Å². The highest BCUT2D eigenvalue weighted by molar-refractivity contribution is 5.94. The lowest BCUT2D eigenvalue weighted by atomic mass is 10.1. The van der Waals surface area contributed by atoms with Gasteiger partial charge in [0.2, 0.25) is 5.91 Å². The Balaban J connectivity index is 2.24. The van der Waals surface area contributed by atoms with Crippen molar-refractivity contribution in [3.63, 3.8) is 0 Å². The van der Waals surface area contributed by atoms with Crippen molar-refractivity contribution in [2.24, 2.45) is 5.73 Å². The SMILES string of the molecule is NC(=O)c1ccc(NCc2ncc[nH]2)c([N+](=O)[O-])c1. The summed E-state index contributed by atoms with van der Waals surface area (Å²) in [5.41, 5.74) is 5.27. The fourth-order valence-electron chi connectivity index (χ4n) is 1.56. The first-order chi connectivity index (χ1) is 9.08. The van der Waals surface area contributed by atoms with Crippen LogP contribution in [0, 0.1) is 10.1 Å². The summed E-state index contributed by atoms with van der Waals surface area (Å²) >= 11 is 0. The predicted octanol–water partition coefficient (Wildman–Crippen LogP) is 1.03. The molecule has 2 aromatic rings. The number of imidazole rings is 1. The Hall–Kier alpha value is -2.90. The van der Waals surface area contributed by atoms with Crippen LogP contribution in [-0.4, -0.2) is 20.8 Å². The van der Waals surface area contributed by atoms with Crippen LogP contribution in [0.4, 0.5) is 11.4 Å². The molecule has 0 aliphatic heterocycles. The Labute approximate surface area is 107 Å². The zero-order valence-electron chi connectivity index (χ0n) is 9.79. The van der Waals surface area contributed by atoms with Gasteiger partial charge >= 0.3 is 0 Å². The number of hydrogen-bond donors (Lipinski definition) is 3. The standard InChI is InChI=1S/C11H11N5O3/c12-11(17)7-1-2-8(9(5-7)16(18)19)15-6-10-13-3-4-14-10/h1-5,15H,6H2,(H2,12,17)(H,13,14). The number of nitro benzene ring substituents is 1. The molecule has 4 N–H and O–H groups in total. The fourth-order valence-corrected chi connectivity index (χ4v) is 1.56. The lowest BCUT2D eigenvalue weighted by Crippen LogP contribution is -2.12. The monoisotopic (exact) mass is 261 g/mol. The number of nitro groups is 1. The number of anilines is 1. The number of aromatic nitrogens is 2. The number of carbonyl (C=O) groups excluding carboxylic acids is 1. The van der Waals surface area contributed by atoms with Gasteiger partial charge in [-0.2, -0.15) is 0 Å². The molecule has 2 rings (SSSR count). The molecule has 8 heteroatoms. The minimum absolute atomic E-state index is 0.0928. The second kappa shape index (κ2) is 5.17. The number of hydrogen-bond acceptors (Lipinski definition) is 5. The van der Waals surface area contributed by atoms with Gasteiger partial charge in [0.15, 0.2) is 0 Å². The van der Waals surface area contributed by atoms with Gasteiger partial charge in [-0.25, -0.2) is 4.98 Å². The summed E-state index contributed by atoms with van der Waals surface area (Å²) in [6.07, 6.45) is 3.24. The summed E-state index contributed by atoms with van der Waals surface area (Å²) in [4.78, 5) is 28.2. The van der Waals surface area contributed by atoms with Crippen LogP contribution >= 0.6 is 0 Å².